The minimum atomic E-state index is -0.498. The van der Waals surface area contributed by atoms with Crippen LogP contribution < -0.4 is 10.2 Å². The number of benzene rings is 3. The summed E-state index contributed by atoms with van der Waals surface area (Å²) in [4.78, 5) is 29.2. The monoisotopic (exact) mass is 464 g/mol. The maximum absolute atomic E-state index is 13.5. The van der Waals surface area contributed by atoms with Crippen LogP contribution in [0, 0.1) is 12.8 Å². The number of anilines is 1. The fraction of sp³-hybridized carbons (Fsp3) is 0.231. The van der Waals surface area contributed by atoms with Crippen molar-refractivity contribution in [3.8, 4) is 0 Å². The van der Waals surface area contributed by atoms with Crippen molar-refractivity contribution in [2.45, 2.75) is 37.1 Å². The highest BCUT2D eigenvalue weighted by Gasteiger charge is 2.39. The van der Waals surface area contributed by atoms with Gasteiger partial charge in [-0.15, -0.1) is 11.8 Å². The summed E-state index contributed by atoms with van der Waals surface area (Å²) < 4.78 is 0. The fourth-order valence-electron chi connectivity index (χ4n) is 3.73. The van der Waals surface area contributed by atoms with E-state index in [1.807, 2.05) is 86.6 Å². The second-order valence-electron chi connectivity index (χ2n) is 8.05. The Morgan fingerprint density at radius 1 is 1.06 bits per heavy atom. The second kappa shape index (κ2) is 9.80. The van der Waals surface area contributed by atoms with E-state index in [1.165, 1.54) is 17.3 Å². The van der Waals surface area contributed by atoms with E-state index in [1.54, 1.807) is 4.90 Å². The molecule has 0 radical (unpaired) electrons. The lowest BCUT2D eigenvalue weighted by molar-refractivity contribution is -0.128. The highest BCUT2D eigenvalue weighted by atomic mass is 35.5. The molecular weight excluding hydrogens is 440 g/mol. The van der Waals surface area contributed by atoms with E-state index in [0.29, 0.717) is 18.1 Å². The molecule has 0 spiro atoms. The fourth-order valence-corrected chi connectivity index (χ4v) is 5.23. The smallest absolute Gasteiger partial charge is 0.241 e. The van der Waals surface area contributed by atoms with Gasteiger partial charge in [0.25, 0.3) is 0 Å². The topological polar surface area (TPSA) is 49.4 Å². The number of carbonyl (C=O) groups is 2. The van der Waals surface area contributed by atoms with Crippen molar-refractivity contribution < 1.29 is 9.59 Å². The van der Waals surface area contributed by atoms with Crippen molar-refractivity contribution in [1.29, 1.82) is 0 Å². The third-order valence-electron chi connectivity index (χ3n) is 5.60. The van der Waals surface area contributed by atoms with Gasteiger partial charge >= 0.3 is 0 Å². The number of amides is 2. The molecule has 4 rings (SSSR count). The van der Waals surface area contributed by atoms with Crippen molar-refractivity contribution >= 4 is 40.9 Å². The van der Waals surface area contributed by atoms with E-state index >= 15 is 0 Å². The molecule has 1 heterocycles. The zero-order valence-electron chi connectivity index (χ0n) is 18.0. The summed E-state index contributed by atoms with van der Waals surface area (Å²) >= 11 is 7.62. The van der Waals surface area contributed by atoms with Gasteiger partial charge in [0.1, 0.15) is 5.25 Å². The maximum Gasteiger partial charge on any atom is 0.241 e. The Hall–Kier alpha value is -2.76. The van der Waals surface area contributed by atoms with Crippen LogP contribution in [0.1, 0.15) is 23.6 Å². The molecule has 0 fully saturated rings. The number of rotatable bonds is 6. The van der Waals surface area contributed by atoms with Crippen LogP contribution in [-0.2, 0) is 22.7 Å². The number of nitrogens with zero attached hydrogens (tertiary/aromatic N) is 1. The third kappa shape index (κ3) is 5.00. The normalized spacial score (nSPS) is 16.4. The molecular formula is C26H25ClN2O2S. The van der Waals surface area contributed by atoms with Gasteiger partial charge in [0.05, 0.1) is 18.2 Å². The van der Waals surface area contributed by atoms with Crippen molar-refractivity contribution in [2.24, 2.45) is 5.92 Å². The molecule has 1 N–H and O–H groups in total. The highest BCUT2D eigenvalue weighted by molar-refractivity contribution is 8.01. The van der Waals surface area contributed by atoms with Gasteiger partial charge in [-0.1, -0.05) is 72.6 Å². The molecule has 6 heteroatoms. The quantitative estimate of drug-likeness (QED) is 0.516. The number of halogens is 1. The van der Waals surface area contributed by atoms with Gasteiger partial charge in [-0.2, -0.15) is 0 Å². The van der Waals surface area contributed by atoms with Crippen LogP contribution >= 0.6 is 23.4 Å². The van der Waals surface area contributed by atoms with Gasteiger partial charge < -0.3 is 10.2 Å². The first-order valence-electron chi connectivity index (χ1n) is 10.6. The molecule has 2 atom stereocenters. The van der Waals surface area contributed by atoms with Gasteiger partial charge in [-0.05, 0) is 42.3 Å². The molecule has 0 aliphatic carbocycles. The minimum Gasteiger partial charge on any atom is -0.352 e. The predicted octanol–water partition coefficient (Wildman–Crippen LogP) is 5.61. The number of hydrogen-bond donors (Lipinski definition) is 1. The Kier molecular flexibility index (Phi) is 6.87. The number of thioether (sulfide) groups is 1. The molecule has 0 bridgehead atoms. The van der Waals surface area contributed by atoms with Crippen LogP contribution in [0.3, 0.4) is 0 Å². The summed E-state index contributed by atoms with van der Waals surface area (Å²) in [5, 5.41) is 3.13. The van der Waals surface area contributed by atoms with Crippen LogP contribution in [0.4, 0.5) is 5.69 Å². The standard InChI is InChI=1S/C26H25ClN2O2S/c1-17-10-12-19(13-11-17)15-28-25(30)18(2)24-26(31)29(16-20-6-5-7-21(27)14-20)22-8-3-4-9-23(22)32-24/h3-14,18,24H,15-16H2,1-2H3,(H,28,30)/t18-,24-/m1/s1. The lowest BCUT2D eigenvalue weighted by atomic mass is 10.0. The van der Waals surface area contributed by atoms with E-state index in [0.717, 1.165) is 21.7 Å². The first kappa shape index (κ1) is 22.4. The summed E-state index contributed by atoms with van der Waals surface area (Å²) in [6, 6.07) is 23.4. The summed E-state index contributed by atoms with van der Waals surface area (Å²) in [6.07, 6.45) is 0. The van der Waals surface area contributed by atoms with Crippen LogP contribution in [0.2, 0.25) is 5.02 Å². The first-order chi connectivity index (χ1) is 15.4. The summed E-state index contributed by atoms with van der Waals surface area (Å²) in [6.45, 7) is 4.71. The first-order valence-corrected chi connectivity index (χ1v) is 11.8. The Balaban J connectivity index is 1.52. The number of aryl methyl sites for hydroxylation is 1. The van der Waals surface area contributed by atoms with Crippen molar-refractivity contribution in [2.75, 3.05) is 4.90 Å². The van der Waals surface area contributed by atoms with Gasteiger partial charge in [0.15, 0.2) is 0 Å². The maximum atomic E-state index is 13.5. The predicted molar refractivity (Wildman–Crippen MR) is 131 cm³/mol. The molecule has 4 nitrogen and oxygen atoms in total. The summed E-state index contributed by atoms with van der Waals surface area (Å²) in [7, 11) is 0. The second-order valence-corrected chi connectivity index (χ2v) is 9.67. The van der Waals surface area contributed by atoms with E-state index in [4.69, 9.17) is 11.6 Å². The van der Waals surface area contributed by atoms with Crippen molar-refractivity contribution in [3.05, 3.63) is 94.5 Å². The Labute approximate surface area is 198 Å². The Bertz CT molecular complexity index is 1130. The van der Waals surface area contributed by atoms with Crippen LogP contribution in [-0.4, -0.2) is 17.1 Å². The number of carbonyl (C=O) groups excluding carboxylic acids is 2. The lowest BCUT2D eigenvalue weighted by Gasteiger charge is -2.35. The molecule has 3 aromatic rings. The molecule has 2 amide bonds. The molecule has 164 valence electrons. The summed E-state index contributed by atoms with van der Waals surface area (Å²) in [5.74, 6) is -0.668. The van der Waals surface area contributed by atoms with Gasteiger partial charge in [0.2, 0.25) is 11.8 Å². The van der Waals surface area contributed by atoms with E-state index in [-0.39, 0.29) is 11.8 Å². The van der Waals surface area contributed by atoms with Crippen molar-refractivity contribution in [3.63, 3.8) is 0 Å². The number of para-hydroxylation sites is 1. The minimum absolute atomic E-state index is 0.0633. The van der Waals surface area contributed by atoms with Gasteiger partial charge in [-0.25, -0.2) is 0 Å². The van der Waals surface area contributed by atoms with Gasteiger partial charge in [-0.3, -0.25) is 9.59 Å². The molecule has 0 saturated carbocycles. The largest absolute Gasteiger partial charge is 0.352 e. The average molecular weight is 465 g/mol. The molecule has 3 aromatic carbocycles. The van der Waals surface area contributed by atoms with Crippen LogP contribution in [0.15, 0.2) is 77.7 Å². The van der Waals surface area contributed by atoms with Crippen LogP contribution in [0.25, 0.3) is 0 Å². The number of fused-ring (bicyclic) bond motifs is 1. The zero-order valence-corrected chi connectivity index (χ0v) is 19.6. The number of nitrogens with one attached hydrogen (secondary N) is 1. The lowest BCUT2D eigenvalue weighted by Crippen LogP contribution is -2.47. The zero-order chi connectivity index (χ0) is 22.7. The Morgan fingerprint density at radius 3 is 2.56 bits per heavy atom. The molecule has 0 saturated heterocycles. The van der Waals surface area contributed by atoms with E-state index in [9.17, 15) is 9.59 Å². The molecule has 1 aliphatic heterocycles. The highest BCUT2D eigenvalue weighted by Crippen LogP contribution is 2.42. The summed E-state index contributed by atoms with van der Waals surface area (Å²) in [5.41, 5.74) is 4.02. The third-order valence-corrected chi connectivity index (χ3v) is 7.30. The molecule has 0 unspecified atom stereocenters. The van der Waals surface area contributed by atoms with E-state index < -0.39 is 11.2 Å². The van der Waals surface area contributed by atoms with Crippen molar-refractivity contribution in [1.82, 2.24) is 5.32 Å². The Morgan fingerprint density at radius 2 is 1.81 bits per heavy atom. The SMILES string of the molecule is Cc1ccc(CNC(=O)[C@H](C)[C@H]2Sc3ccccc3N(Cc3cccc(Cl)c3)C2=O)cc1. The molecule has 1 aliphatic rings. The molecule has 0 aromatic heterocycles. The average Bonchev–Trinajstić information content (AvgIpc) is 2.79. The van der Waals surface area contributed by atoms with Crippen LogP contribution in [0.5, 0.6) is 0 Å². The number of hydrogen-bond acceptors (Lipinski definition) is 3. The molecule has 32 heavy (non-hydrogen) atoms. The van der Waals surface area contributed by atoms with E-state index in [2.05, 4.69) is 5.32 Å². The van der Waals surface area contributed by atoms with Gasteiger partial charge in [0, 0.05) is 16.5 Å².